The van der Waals surface area contributed by atoms with Gasteiger partial charge in [0.1, 0.15) is 18.6 Å². The van der Waals surface area contributed by atoms with E-state index < -0.39 is 6.04 Å². The lowest BCUT2D eigenvalue weighted by Gasteiger charge is -2.42. The first kappa shape index (κ1) is 33.4. The molecule has 0 aliphatic carbocycles. The minimum absolute atomic E-state index is 0.0384. The fourth-order valence-corrected chi connectivity index (χ4v) is 7.25. The number of carbonyl (C=O) groups is 2. The molecular weight excluding hydrogens is 605 g/mol. The number of nitrogens with zero attached hydrogens (tertiary/aromatic N) is 3. The summed E-state index contributed by atoms with van der Waals surface area (Å²) >= 11 is 12.8. The second-order valence-corrected chi connectivity index (χ2v) is 13.2. The lowest BCUT2D eigenvalue weighted by Crippen LogP contribution is -3.06. The van der Waals surface area contributed by atoms with Crippen molar-refractivity contribution in [2.24, 2.45) is 0 Å². The van der Waals surface area contributed by atoms with Gasteiger partial charge in [-0.05, 0) is 42.4 Å². The van der Waals surface area contributed by atoms with Gasteiger partial charge in [0.2, 0.25) is 11.8 Å². The predicted molar refractivity (Wildman–Crippen MR) is 182 cm³/mol. The molecule has 3 aromatic carbocycles. The second-order valence-electron chi connectivity index (χ2n) is 12.3. The predicted octanol–water partition coefficient (Wildman–Crippen LogP) is 4.41. The van der Waals surface area contributed by atoms with Crippen LogP contribution in [-0.4, -0.2) is 85.4 Å². The molecule has 2 amide bonds. The van der Waals surface area contributed by atoms with Crippen LogP contribution in [0.4, 0.5) is 0 Å². The number of hydrogen-bond acceptors (Lipinski definition) is 4. The highest BCUT2D eigenvalue weighted by Crippen LogP contribution is 2.30. The van der Waals surface area contributed by atoms with E-state index >= 15 is 0 Å². The largest absolute Gasteiger partial charge is 0.344 e. The summed E-state index contributed by atoms with van der Waals surface area (Å²) in [7, 11) is 2.13. The maximum absolute atomic E-state index is 14.1. The Bertz CT molecular complexity index is 1440. The normalized spacial score (nSPS) is 19.7. The molecule has 3 unspecified atom stereocenters. The summed E-state index contributed by atoms with van der Waals surface area (Å²) in [4.78, 5) is 35.7. The molecule has 3 aromatic rings. The maximum atomic E-state index is 14.1. The van der Waals surface area contributed by atoms with Gasteiger partial charge in [-0.2, -0.15) is 0 Å². The molecule has 45 heavy (non-hydrogen) atoms. The van der Waals surface area contributed by atoms with Crippen molar-refractivity contribution < 1.29 is 14.5 Å². The van der Waals surface area contributed by atoms with Crippen LogP contribution in [0.1, 0.15) is 54.6 Å². The van der Waals surface area contributed by atoms with Gasteiger partial charge in [0.15, 0.2) is 0 Å². The standard InChI is InChI=1S/C36H45Cl2N5O2/c1-4-41(5-2)25-34(30-12-8-9-13-31(30)38)42-18-20-43(21-19-42)36(45)32(22-26-14-16-28(37)17-15-26)39-35(44)23-33-29-11-7-6-10-27(29)24-40(33)3/h6-17,32-34H,4-5,18-25H2,1-3H3,(H,39,44)/p+1/t32-,33?,34?/m1/s1. The number of amides is 2. The van der Waals surface area contributed by atoms with Gasteiger partial charge < -0.3 is 20.0 Å². The number of hydrogen-bond donors (Lipinski definition) is 2. The van der Waals surface area contributed by atoms with E-state index in [4.69, 9.17) is 23.2 Å². The van der Waals surface area contributed by atoms with E-state index in [0.29, 0.717) is 31.0 Å². The molecule has 1 saturated heterocycles. The molecule has 0 spiro atoms. The average Bonchev–Trinajstić information content (AvgIpc) is 3.37. The van der Waals surface area contributed by atoms with E-state index in [-0.39, 0.29) is 23.9 Å². The van der Waals surface area contributed by atoms with Crippen molar-refractivity contribution in [1.82, 2.24) is 20.0 Å². The molecule has 240 valence electrons. The van der Waals surface area contributed by atoms with Crippen LogP contribution in [0.25, 0.3) is 0 Å². The Morgan fingerprint density at radius 2 is 1.60 bits per heavy atom. The summed E-state index contributed by atoms with van der Waals surface area (Å²) in [6.07, 6.45) is 0.752. The number of nitrogens with one attached hydrogen (secondary N) is 2. The number of rotatable bonds is 12. The molecule has 0 saturated carbocycles. The third-order valence-corrected chi connectivity index (χ3v) is 10.1. The van der Waals surface area contributed by atoms with E-state index in [0.717, 1.165) is 55.4 Å². The highest BCUT2D eigenvalue weighted by molar-refractivity contribution is 6.31. The Morgan fingerprint density at radius 3 is 2.29 bits per heavy atom. The van der Waals surface area contributed by atoms with Crippen LogP contribution in [0.3, 0.4) is 0 Å². The number of carbonyl (C=O) groups excluding carboxylic acids is 2. The van der Waals surface area contributed by atoms with Crippen molar-refractivity contribution >= 4 is 35.0 Å². The summed E-state index contributed by atoms with van der Waals surface area (Å²) in [6.45, 7) is 10.7. The molecule has 2 N–H and O–H groups in total. The van der Waals surface area contributed by atoms with Crippen LogP contribution >= 0.6 is 23.2 Å². The zero-order valence-corrected chi connectivity index (χ0v) is 28.2. The fourth-order valence-electron chi connectivity index (χ4n) is 6.86. The molecule has 7 nitrogen and oxygen atoms in total. The highest BCUT2D eigenvalue weighted by atomic mass is 35.5. The number of halogens is 2. The summed E-state index contributed by atoms with van der Waals surface area (Å²) in [5.41, 5.74) is 4.60. The molecule has 1 fully saturated rings. The van der Waals surface area contributed by atoms with E-state index in [2.05, 4.69) is 60.3 Å². The number of quaternary nitrogens is 1. The topological polar surface area (TPSA) is 60.3 Å². The van der Waals surface area contributed by atoms with E-state index in [1.54, 1.807) is 0 Å². The monoisotopic (exact) mass is 650 g/mol. The van der Waals surface area contributed by atoms with Crippen molar-refractivity contribution in [2.75, 3.05) is 52.9 Å². The summed E-state index contributed by atoms with van der Waals surface area (Å²) < 4.78 is 0. The summed E-state index contributed by atoms with van der Waals surface area (Å²) in [5.74, 6) is -0.136. The van der Waals surface area contributed by atoms with Crippen LogP contribution in [0, 0.1) is 0 Å². The van der Waals surface area contributed by atoms with E-state index in [1.165, 1.54) is 16.0 Å². The molecule has 2 heterocycles. The second kappa shape index (κ2) is 15.6. The third-order valence-electron chi connectivity index (χ3n) is 9.53. The van der Waals surface area contributed by atoms with Gasteiger partial charge in [0.25, 0.3) is 0 Å². The van der Waals surface area contributed by atoms with Gasteiger partial charge in [0.05, 0.1) is 13.5 Å². The van der Waals surface area contributed by atoms with Crippen LogP contribution in [-0.2, 0) is 22.6 Å². The average molecular weight is 652 g/mol. The molecule has 4 atom stereocenters. The molecular formula is C36H46Cl2N5O2+. The molecule has 9 heteroatoms. The Labute approximate surface area is 278 Å². The Hall–Kier alpha value is -2.94. The zero-order chi connectivity index (χ0) is 31.9. The lowest BCUT2D eigenvalue weighted by atomic mass is 10.0. The van der Waals surface area contributed by atoms with Gasteiger partial charge in [0, 0.05) is 66.4 Å². The quantitative estimate of drug-likeness (QED) is 0.305. The molecule has 5 rings (SSSR count). The van der Waals surface area contributed by atoms with Crippen molar-refractivity contribution in [3.8, 4) is 0 Å². The molecule has 0 radical (unpaired) electrons. The Morgan fingerprint density at radius 1 is 0.933 bits per heavy atom. The number of likely N-dealkylation sites (N-methyl/N-ethyl adjacent to an activating group) is 1. The van der Waals surface area contributed by atoms with Crippen LogP contribution < -0.4 is 10.2 Å². The SMILES string of the molecule is CCN(CC)CC(c1ccccc1Cl)N1CCN(C(=O)[C@@H](Cc2ccc(Cl)cc2)NC(=O)CC2c3ccccc3C[NH+]2C)CC1. The minimum Gasteiger partial charge on any atom is -0.344 e. The van der Waals surface area contributed by atoms with Gasteiger partial charge >= 0.3 is 0 Å². The smallest absolute Gasteiger partial charge is 0.245 e. The molecule has 0 bridgehead atoms. The Balaban J connectivity index is 1.29. The number of fused-ring (bicyclic) bond motifs is 1. The maximum Gasteiger partial charge on any atom is 0.245 e. The summed E-state index contributed by atoms with van der Waals surface area (Å²) in [6, 6.07) is 23.5. The first-order valence-electron chi connectivity index (χ1n) is 16.2. The zero-order valence-electron chi connectivity index (χ0n) is 26.6. The van der Waals surface area contributed by atoms with Crippen LogP contribution in [0.5, 0.6) is 0 Å². The van der Waals surface area contributed by atoms with Crippen molar-refractivity contribution in [1.29, 1.82) is 0 Å². The van der Waals surface area contributed by atoms with Gasteiger partial charge in [-0.15, -0.1) is 0 Å². The summed E-state index contributed by atoms with van der Waals surface area (Å²) in [5, 5.41) is 4.57. The van der Waals surface area contributed by atoms with Gasteiger partial charge in [-0.25, -0.2) is 0 Å². The third kappa shape index (κ3) is 8.27. The molecule has 2 aliphatic heterocycles. The first-order valence-corrected chi connectivity index (χ1v) is 17.0. The first-order chi connectivity index (χ1) is 21.8. The highest BCUT2D eigenvalue weighted by Gasteiger charge is 2.36. The van der Waals surface area contributed by atoms with Crippen LogP contribution in [0.2, 0.25) is 10.0 Å². The Kier molecular flexibility index (Phi) is 11.6. The lowest BCUT2D eigenvalue weighted by molar-refractivity contribution is -0.918. The van der Waals surface area contributed by atoms with Crippen LogP contribution in [0.15, 0.2) is 72.8 Å². The van der Waals surface area contributed by atoms with Gasteiger partial charge in [-0.3, -0.25) is 14.5 Å². The molecule has 2 aliphatic rings. The van der Waals surface area contributed by atoms with Crippen molar-refractivity contribution in [3.05, 3.63) is 105 Å². The van der Waals surface area contributed by atoms with E-state index in [9.17, 15) is 9.59 Å². The van der Waals surface area contributed by atoms with Crippen molar-refractivity contribution in [3.63, 3.8) is 0 Å². The van der Waals surface area contributed by atoms with Crippen molar-refractivity contribution in [2.45, 2.75) is 51.4 Å². The van der Waals surface area contributed by atoms with E-state index in [1.807, 2.05) is 53.4 Å². The van der Waals surface area contributed by atoms with Gasteiger partial charge in [-0.1, -0.05) is 91.6 Å². The minimum atomic E-state index is -0.655. The number of piperazine rings is 1. The number of benzene rings is 3. The molecule has 0 aromatic heterocycles. The fraction of sp³-hybridized carbons (Fsp3) is 0.444.